The molecule has 272 valence electrons. The van der Waals surface area contributed by atoms with Crippen LogP contribution in [0.5, 0.6) is 5.75 Å². The largest absolute Gasteiger partial charge is 0.545 e. The van der Waals surface area contributed by atoms with Crippen molar-refractivity contribution in [1.82, 2.24) is 0 Å². The molecule has 0 aromatic heterocycles. The fraction of sp³-hybridized carbons (Fsp3) is 0.475. The Balaban J connectivity index is 1.64. The molecule has 3 aromatic rings. The number of ether oxygens (including phenoxy) is 3. The summed E-state index contributed by atoms with van der Waals surface area (Å²) in [5, 5.41) is 11.7. The van der Waals surface area contributed by atoms with Crippen molar-refractivity contribution in [2.45, 2.75) is 110 Å². The number of unbranched alkanes of at least 4 members (excludes halogenated alkanes) is 9. The van der Waals surface area contributed by atoms with Crippen molar-refractivity contribution in [3.05, 3.63) is 77.9 Å². The fourth-order valence-corrected chi connectivity index (χ4v) is 5.59. The molecule has 0 bridgehead atoms. The van der Waals surface area contributed by atoms with E-state index in [9.17, 15) is 32.7 Å². The molecule has 7 nitrogen and oxygen atoms in total. The first-order chi connectivity index (χ1) is 24.0. The molecule has 0 fully saturated rings. The highest BCUT2D eigenvalue weighted by Crippen LogP contribution is 2.35. The molecule has 10 heteroatoms. The molecule has 0 N–H and O–H groups in total. The van der Waals surface area contributed by atoms with E-state index in [1.807, 2.05) is 0 Å². The fourth-order valence-electron chi connectivity index (χ4n) is 5.59. The molecular weight excluding hydrogens is 649 g/mol. The van der Waals surface area contributed by atoms with Gasteiger partial charge in [-0.25, -0.2) is 4.79 Å². The number of carboxylic acids is 1. The summed E-state index contributed by atoms with van der Waals surface area (Å²) in [7, 11) is 0. The van der Waals surface area contributed by atoms with Gasteiger partial charge in [0.25, 0.3) is 0 Å². The lowest BCUT2D eigenvalue weighted by molar-refractivity contribution is -0.255. The van der Waals surface area contributed by atoms with E-state index in [0.29, 0.717) is 41.0 Å². The number of hydrogen-bond donors (Lipinski definition) is 0. The molecule has 0 radical (unpaired) electrons. The summed E-state index contributed by atoms with van der Waals surface area (Å²) in [5.41, 5.74) is 2.17. The second kappa shape index (κ2) is 21.1. The smallest absolute Gasteiger partial charge is 0.425 e. The van der Waals surface area contributed by atoms with Gasteiger partial charge < -0.3 is 24.1 Å². The van der Waals surface area contributed by atoms with E-state index >= 15 is 0 Å². The molecule has 0 aliphatic rings. The van der Waals surface area contributed by atoms with Gasteiger partial charge in [0, 0.05) is 19.6 Å². The number of rotatable bonds is 22. The first-order valence-electron chi connectivity index (χ1n) is 17.7. The van der Waals surface area contributed by atoms with Crippen molar-refractivity contribution in [3.8, 4) is 28.0 Å². The number of carboxylic acid groups (broad SMARTS) is 1. The summed E-state index contributed by atoms with van der Waals surface area (Å²) in [6, 6.07) is 16.9. The number of aromatic carboxylic acids is 1. The molecule has 3 rings (SSSR count). The van der Waals surface area contributed by atoms with Crippen LogP contribution in [-0.4, -0.2) is 43.4 Å². The number of esters is 2. The quantitative estimate of drug-likeness (QED) is 0.0586. The SMILES string of the molecule is CCCCCCCCCCCCC(=O)Oc1ccc(-c2ccc(C(=O)[O-])cc2-c2ccc(C(=O)O[C@H](CCCOCC)C(F)(F)F)cc2)cc1. The van der Waals surface area contributed by atoms with Crippen LogP contribution in [0.3, 0.4) is 0 Å². The molecule has 1 atom stereocenters. The van der Waals surface area contributed by atoms with Crippen molar-refractivity contribution < 1.29 is 46.9 Å². The second-order valence-corrected chi connectivity index (χ2v) is 12.3. The van der Waals surface area contributed by atoms with Crippen LogP contribution >= 0.6 is 0 Å². The van der Waals surface area contributed by atoms with Gasteiger partial charge in [0.2, 0.25) is 0 Å². The van der Waals surface area contributed by atoms with Gasteiger partial charge in [-0.1, -0.05) is 101 Å². The number of alkyl halides is 3. The van der Waals surface area contributed by atoms with Crippen LogP contribution in [0, 0.1) is 0 Å². The Hall–Kier alpha value is -4.18. The summed E-state index contributed by atoms with van der Waals surface area (Å²) in [5.74, 6) is -2.43. The van der Waals surface area contributed by atoms with Gasteiger partial charge >= 0.3 is 18.1 Å². The number of halogens is 3. The van der Waals surface area contributed by atoms with Crippen molar-refractivity contribution in [2.24, 2.45) is 0 Å². The zero-order valence-corrected chi connectivity index (χ0v) is 29.0. The molecule has 0 heterocycles. The third-order valence-corrected chi connectivity index (χ3v) is 8.39. The Labute approximate surface area is 293 Å². The highest BCUT2D eigenvalue weighted by atomic mass is 19.4. The highest BCUT2D eigenvalue weighted by Gasteiger charge is 2.42. The molecule has 0 saturated heterocycles. The van der Waals surface area contributed by atoms with Crippen LogP contribution in [0.2, 0.25) is 0 Å². The van der Waals surface area contributed by atoms with Crippen LogP contribution in [0.4, 0.5) is 13.2 Å². The van der Waals surface area contributed by atoms with E-state index in [1.54, 1.807) is 37.3 Å². The third-order valence-electron chi connectivity index (χ3n) is 8.39. The van der Waals surface area contributed by atoms with Gasteiger partial charge in [-0.15, -0.1) is 0 Å². The number of benzene rings is 3. The molecule has 0 amide bonds. The van der Waals surface area contributed by atoms with Gasteiger partial charge in [0.1, 0.15) is 5.75 Å². The van der Waals surface area contributed by atoms with Crippen LogP contribution < -0.4 is 9.84 Å². The number of carbonyl (C=O) groups is 3. The zero-order chi connectivity index (χ0) is 36.4. The van der Waals surface area contributed by atoms with E-state index in [4.69, 9.17) is 14.2 Å². The van der Waals surface area contributed by atoms with Crippen molar-refractivity contribution in [2.75, 3.05) is 13.2 Å². The van der Waals surface area contributed by atoms with E-state index in [2.05, 4.69) is 6.92 Å². The average molecular weight is 698 g/mol. The molecule has 0 aliphatic heterocycles. The van der Waals surface area contributed by atoms with Crippen LogP contribution in [0.25, 0.3) is 22.3 Å². The van der Waals surface area contributed by atoms with E-state index in [0.717, 1.165) is 19.3 Å². The molecule has 0 unspecified atom stereocenters. The summed E-state index contributed by atoms with van der Waals surface area (Å²) in [6.45, 7) is 4.44. The van der Waals surface area contributed by atoms with Crippen LogP contribution in [0.1, 0.15) is 118 Å². The first-order valence-corrected chi connectivity index (χ1v) is 17.7. The normalized spacial score (nSPS) is 12.0. The topological polar surface area (TPSA) is 102 Å². The number of carbonyl (C=O) groups excluding carboxylic acids is 3. The second-order valence-electron chi connectivity index (χ2n) is 12.3. The van der Waals surface area contributed by atoms with Gasteiger partial charge in [-0.05, 0) is 84.3 Å². The molecular formula is C40H48F3O7-. The van der Waals surface area contributed by atoms with Gasteiger partial charge in [-0.2, -0.15) is 13.2 Å². The van der Waals surface area contributed by atoms with E-state index < -0.39 is 30.6 Å². The maximum absolute atomic E-state index is 13.5. The first kappa shape index (κ1) is 40.3. The minimum absolute atomic E-state index is 0.0740. The molecule has 3 aromatic carbocycles. The van der Waals surface area contributed by atoms with Gasteiger partial charge in [0.15, 0.2) is 6.10 Å². The maximum Gasteiger partial charge on any atom is 0.425 e. The Morgan fingerprint density at radius 3 is 1.84 bits per heavy atom. The van der Waals surface area contributed by atoms with Gasteiger partial charge in [-0.3, -0.25) is 4.79 Å². The van der Waals surface area contributed by atoms with Crippen molar-refractivity contribution in [3.63, 3.8) is 0 Å². The molecule has 0 aliphatic carbocycles. The zero-order valence-electron chi connectivity index (χ0n) is 29.0. The maximum atomic E-state index is 13.5. The molecule has 50 heavy (non-hydrogen) atoms. The standard InChI is InChI=1S/C40H49F3O7/c1-3-5-6-7-8-9-10-11-12-13-16-37(44)49-33-24-21-29(22-25-33)34-26-23-32(38(45)46)28-35(34)30-17-19-31(20-18-30)39(47)50-36(40(41,42)43)15-14-27-48-4-2/h17-26,28,36H,3-16,27H2,1-2H3,(H,45,46)/p-1/t36-/m1/s1. The Bertz CT molecular complexity index is 1480. The minimum Gasteiger partial charge on any atom is -0.545 e. The highest BCUT2D eigenvalue weighted by molar-refractivity contribution is 5.94. The van der Waals surface area contributed by atoms with Crippen molar-refractivity contribution >= 4 is 17.9 Å². The van der Waals surface area contributed by atoms with E-state index in [1.165, 1.54) is 81.3 Å². The van der Waals surface area contributed by atoms with Crippen LogP contribution in [-0.2, 0) is 14.3 Å². The predicted octanol–water partition coefficient (Wildman–Crippen LogP) is 9.50. The summed E-state index contributed by atoms with van der Waals surface area (Å²) < 4.78 is 56.0. The lowest BCUT2D eigenvalue weighted by Crippen LogP contribution is -2.34. The monoisotopic (exact) mass is 697 g/mol. The summed E-state index contributed by atoms with van der Waals surface area (Å²) >= 11 is 0. The Kier molecular flexibility index (Phi) is 17.0. The Morgan fingerprint density at radius 1 is 0.700 bits per heavy atom. The van der Waals surface area contributed by atoms with Gasteiger partial charge in [0.05, 0.1) is 11.5 Å². The number of hydrogen-bond acceptors (Lipinski definition) is 7. The lowest BCUT2D eigenvalue weighted by atomic mass is 9.92. The van der Waals surface area contributed by atoms with Crippen LogP contribution in [0.15, 0.2) is 66.7 Å². The minimum atomic E-state index is -4.73. The summed E-state index contributed by atoms with van der Waals surface area (Å²) in [6.07, 6.45) is 4.69. The summed E-state index contributed by atoms with van der Waals surface area (Å²) in [4.78, 5) is 36.8. The average Bonchev–Trinajstić information content (AvgIpc) is 3.10. The van der Waals surface area contributed by atoms with E-state index in [-0.39, 0.29) is 30.1 Å². The lowest BCUT2D eigenvalue weighted by Gasteiger charge is -2.21. The Morgan fingerprint density at radius 2 is 1.26 bits per heavy atom. The third kappa shape index (κ3) is 13.6. The molecule has 0 spiro atoms. The predicted molar refractivity (Wildman–Crippen MR) is 185 cm³/mol. The molecule has 0 saturated carbocycles. The van der Waals surface area contributed by atoms with Crippen molar-refractivity contribution in [1.29, 1.82) is 0 Å².